The highest BCUT2D eigenvalue weighted by Crippen LogP contribution is 2.21. The van der Waals surface area contributed by atoms with Crippen LogP contribution in [0.25, 0.3) is 0 Å². The molecule has 2 aromatic rings. The Bertz CT molecular complexity index is 571. The Kier molecular flexibility index (Phi) is 6.27. The normalized spacial score (nSPS) is 11.6. The molecule has 0 atom stereocenters. The maximum absolute atomic E-state index is 6.02. The third-order valence-electron chi connectivity index (χ3n) is 4.16. The summed E-state index contributed by atoms with van der Waals surface area (Å²) in [7, 11) is -0.975. The van der Waals surface area contributed by atoms with Crippen molar-refractivity contribution in [1.82, 2.24) is 0 Å². The van der Waals surface area contributed by atoms with Gasteiger partial charge in [-0.15, -0.1) is 0 Å². The minimum Gasteiger partial charge on any atom is -0.549 e. The molecule has 22 heavy (non-hydrogen) atoms. The molecule has 0 saturated heterocycles. The molecule has 2 aromatic carbocycles. The number of aryl methyl sites for hydroxylation is 2. The molecule has 0 amide bonds. The van der Waals surface area contributed by atoms with Gasteiger partial charge in [0.15, 0.2) is 0 Å². The van der Waals surface area contributed by atoms with E-state index in [1.807, 2.05) is 0 Å². The van der Waals surface area contributed by atoms with E-state index < -0.39 is 19.5 Å². The predicted molar refractivity (Wildman–Crippen MR) is 99.8 cm³/mol. The maximum atomic E-state index is 6.02. The molecule has 2 nitrogen and oxygen atoms in total. The number of rotatable bonds is 7. The van der Waals surface area contributed by atoms with Crippen LogP contribution in [0.3, 0.4) is 0 Å². The van der Waals surface area contributed by atoms with Crippen molar-refractivity contribution in [3.63, 3.8) is 0 Å². The summed E-state index contributed by atoms with van der Waals surface area (Å²) >= 11 is 0. The Balaban J connectivity index is 1.70. The monoisotopic (exact) mass is 330 g/mol. The van der Waals surface area contributed by atoms with E-state index in [9.17, 15) is 0 Å². The largest absolute Gasteiger partial charge is 0.549 e. The molecule has 0 saturated carbocycles. The highest BCUT2D eigenvalue weighted by atomic mass is 28.2. The average molecular weight is 331 g/mol. The molecule has 0 radical (unpaired) electrons. The lowest BCUT2D eigenvalue weighted by Gasteiger charge is -2.12. The van der Waals surface area contributed by atoms with E-state index in [0.29, 0.717) is 0 Å². The smallest absolute Gasteiger partial charge is 0.219 e. The molecule has 0 unspecified atom stereocenters. The summed E-state index contributed by atoms with van der Waals surface area (Å²) in [6.07, 6.45) is 0. The van der Waals surface area contributed by atoms with Gasteiger partial charge in [0, 0.05) is 0 Å². The molecule has 0 fully saturated rings. The van der Waals surface area contributed by atoms with Crippen LogP contribution in [0.4, 0.5) is 0 Å². The van der Waals surface area contributed by atoms with Gasteiger partial charge in [-0.3, -0.25) is 0 Å². The zero-order chi connectivity index (χ0) is 15.9. The van der Waals surface area contributed by atoms with Crippen LogP contribution in [0.5, 0.6) is 11.5 Å². The van der Waals surface area contributed by atoms with E-state index in [2.05, 4.69) is 64.1 Å². The molecule has 0 aliphatic carbocycles. The van der Waals surface area contributed by atoms with Gasteiger partial charge >= 0.3 is 0 Å². The van der Waals surface area contributed by atoms with Crippen LogP contribution in [0.2, 0.25) is 12.1 Å². The quantitative estimate of drug-likeness (QED) is 0.572. The molecule has 0 aliphatic rings. The summed E-state index contributed by atoms with van der Waals surface area (Å²) in [4.78, 5) is 0. The average Bonchev–Trinajstić information content (AvgIpc) is 2.51. The lowest BCUT2D eigenvalue weighted by atomic mass is 10.1. The summed E-state index contributed by atoms with van der Waals surface area (Å²) in [5.74, 6) is 2.15. The molecule has 118 valence electrons. The Morgan fingerprint density at radius 2 is 1.09 bits per heavy atom. The number of benzene rings is 2. The van der Waals surface area contributed by atoms with Gasteiger partial charge in [0.2, 0.25) is 19.5 Å². The van der Waals surface area contributed by atoms with Crippen molar-refractivity contribution in [3.8, 4) is 11.5 Å². The molecule has 0 N–H and O–H groups in total. The topological polar surface area (TPSA) is 18.5 Å². The number of hydrogen-bond acceptors (Lipinski definition) is 2. The van der Waals surface area contributed by atoms with E-state index in [4.69, 9.17) is 8.85 Å². The van der Waals surface area contributed by atoms with Crippen molar-refractivity contribution in [2.24, 2.45) is 0 Å². The van der Waals surface area contributed by atoms with E-state index in [1.54, 1.807) is 0 Å². The summed E-state index contributed by atoms with van der Waals surface area (Å²) < 4.78 is 12.0. The second-order valence-corrected chi connectivity index (χ2v) is 8.61. The zero-order valence-electron chi connectivity index (χ0n) is 14.1. The Labute approximate surface area is 138 Å². The third-order valence-corrected chi connectivity index (χ3v) is 7.77. The highest BCUT2D eigenvalue weighted by molar-refractivity contribution is 6.35. The van der Waals surface area contributed by atoms with Gasteiger partial charge in [-0.1, -0.05) is 24.3 Å². The van der Waals surface area contributed by atoms with E-state index >= 15 is 0 Å². The second kappa shape index (κ2) is 8.20. The summed E-state index contributed by atoms with van der Waals surface area (Å²) in [6.45, 7) is 8.54. The van der Waals surface area contributed by atoms with Crippen molar-refractivity contribution in [2.45, 2.75) is 39.8 Å². The first-order valence-electron chi connectivity index (χ1n) is 7.97. The van der Waals surface area contributed by atoms with Crippen molar-refractivity contribution < 1.29 is 8.85 Å². The fourth-order valence-corrected chi connectivity index (χ4v) is 5.32. The predicted octanol–water partition coefficient (Wildman–Crippen LogP) is 3.38. The Hall–Kier alpha value is -1.53. The van der Waals surface area contributed by atoms with Gasteiger partial charge in [-0.25, -0.2) is 0 Å². The van der Waals surface area contributed by atoms with Crippen LogP contribution in [0.15, 0.2) is 36.4 Å². The lowest BCUT2D eigenvalue weighted by Crippen LogP contribution is -2.08. The van der Waals surface area contributed by atoms with Gasteiger partial charge in [-0.05, 0) is 74.2 Å². The molecule has 0 heterocycles. The molecule has 0 bridgehead atoms. The van der Waals surface area contributed by atoms with Gasteiger partial charge in [0.1, 0.15) is 11.5 Å². The first-order valence-corrected chi connectivity index (χ1v) is 11.1. The van der Waals surface area contributed by atoms with Crippen molar-refractivity contribution in [1.29, 1.82) is 0 Å². The fourth-order valence-electron chi connectivity index (χ4n) is 2.33. The molecular formula is C18H26O2Si2. The highest BCUT2D eigenvalue weighted by Gasteiger charge is 2.03. The van der Waals surface area contributed by atoms with Gasteiger partial charge in [-0.2, -0.15) is 0 Å². The number of hydrogen-bond donors (Lipinski definition) is 0. The molecule has 2 rings (SSSR count). The van der Waals surface area contributed by atoms with Crippen LogP contribution in [-0.2, 0) is 0 Å². The van der Waals surface area contributed by atoms with Gasteiger partial charge in [0.25, 0.3) is 0 Å². The van der Waals surface area contributed by atoms with Crippen LogP contribution < -0.4 is 8.85 Å². The summed E-state index contributed by atoms with van der Waals surface area (Å²) in [6, 6.07) is 15.0. The van der Waals surface area contributed by atoms with Crippen LogP contribution >= 0.6 is 0 Å². The SMILES string of the molecule is Cc1cccc(O[SiH2]CC[SiH2]Oc2cccc(C)c2C)c1C. The van der Waals surface area contributed by atoms with E-state index in [1.165, 1.54) is 34.3 Å². The summed E-state index contributed by atoms with van der Waals surface area (Å²) in [5, 5.41) is 0. The van der Waals surface area contributed by atoms with Crippen LogP contribution in [0, 0.1) is 27.7 Å². The van der Waals surface area contributed by atoms with Crippen LogP contribution in [-0.4, -0.2) is 19.5 Å². The minimum absolute atomic E-state index is 0.487. The molecule has 0 aliphatic heterocycles. The summed E-state index contributed by atoms with van der Waals surface area (Å²) in [5.41, 5.74) is 5.16. The third kappa shape index (κ3) is 4.48. The Morgan fingerprint density at radius 1 is 0.682 bits per heavy atom. The molecule has 0 spiro atoms. The first kappa shape index (κ1) is 16.8. The van der Waals surface area contributed by atoms with Crippen molar-refractivity contribution >= 4 is 19.5 Å². The fraction of sp³-hybridized carbons (Fsp3) is 0.333. The second-order valence-electron chi connectivity index (χ2n) is 5.80. The van der Waals surface area contributed by atoms with Crippen molar-refractivity contribution in [2.75, 3.05) is 0 Å². The Morgan fingerprint density at radius 3 is 1.50 bits per heavy atom. The standard InChI is InChI=1S/C18H26O2Si2/c1-13-7-5-9-17(15(13)3)19-21-11-12-22-20-18-10-6-8-14(2)16(18)4/h5-10H,11-12,21-22H2,1-4H3. The van der Waals surface area contributed by atoms with Crippen LogP contribution in [0.1, 0.15) is 22.3 Å². The molecule has 0 aromatic heterocycles. The molecular weight excluding hydrogens is 304 g/mol. The lowest BCUT2D eigenvalue weighted by molar-refractivity contribution is 0.576. The van der Waals surface area contributed by atoms with E-state index in [-0.39, 0.29) is 0 Å². The van der Waals surface area contributed by atoms with Gasteiger partial charge in [0.05, 0.1) is 0 Å². The van der Waals surface area contributed by atoms with Crippen molar-refractivity contribution in [3.05, 3.63) is 58.7 Å². The first-order chi connectivity index (χ1) is 10.6. The molecule has 4 heteroatoms. The van der Waals surface area contributed by atoms with E-state index in [0.717, 1.165) is 11.5 Å². The maximum Gasteiger partial charge on any atom is 0.219 e. The zero-order valence-corrected chi connectivity index (χ0v) is 16.9. The van der Waals surface area contributed by atoms with Gasteiger partial charge < -0.3 is 8.85 Å². The minimum atomic E-state index is -0.487.